The summed E-state index contributed by atoms with van der Waals surface area (Å²) in [7, 11) is 0. The number of carbonyl (C=O) groups excluding carboxylic acids is 1. The molecule has 5 rings (SSSR count). The van der Waals surface area contributed by atoms with E-state index in [4.69, 9.17) is 4.42 Å². The van der Waals surface area contributed by atoms with Crippen LogP contribution in [0.15, 0.2) is 77.4 Å². The normalized spacial score (nSPS) is 12.3. The lowest BCUT2D eigenvalue weighted by Crippen LogP contribution is -2.41. The number of phenolic OH excluding ortho intramolecular Hbond substituents is 3. The van der Waals surface area contributed by atoms with Crippen molar-refractivity contribution in [3.63, 3.8) is 0 Å². The highest BCUT2D eigenvalue weighted by molar-refractivity contribution is 5.99. The number of carboxylic acid groups (broad SMARTS) is 1. The molecule has 1 atom stereocenters. The SMILES string of the molecule is O=C(/C=C/c1ccc(O)c2oc(-c3ccc(O)c(O)c3)cc12)NC(Cc1c[nH]c2ccccc12)C(=O)O. The molecule has 9 nitrogen and oxygen atoms in total. The third-order valence-corrected chi connectivity index (χ3v) is 6.08. The first-order valence-electron chi connectivity index (χ1n) is 11.3. The third kappa shape index (κ3) is 4.70. The molecule has 3 aromatic carbocycles. The van der Waals surface area contributed by atoms with Crippen LogP contribution in [0.1, 0.15) is 11.1 Å². The van der Waals surface area contributed by atoms with E-state index in [1.165, 1.54) is 30.4 Å². The molecule has 0 radical (unpaired) electrons. The van der Waals surface area contributed by atoms with Crippen molar-refractivity contribution < 1.29 is 34.4 Å². The number of hydrogen-bond acceptors (Lipinski definition) is 6. The summed E-state index contributed by atoms with van der Waals surface area (Å²) in [6.07, 6.45) is 4.55. The molecule has 0 fully saturated rings. The highest BCUT2D eigenvalue weighted by atomic mass is 16.4. The van der Waals surface area contributed by atoms with Crippen LogP contribution in [-0.2, 0) is 16.0 Å². The van der Waals surface area contributed by atoms with Gasteiger partial charge in [0.15, 0.2) is 22.8 Å². The van der Waals surface area contributed by atoms with Crippen LogP contribution in [0.25, 0.3) is 39.3 Å². The van der Waals surface area contributed by atoms with Gasteiger partial charge in [0.2, 0.25) is 5.91 Å². The maximum atomic E-state index is 12.6. The van der Waals surface area contributed by atoms with E-state index in [-0.39, 0.29) is 29.3 Å². The topological polar surface area (TPSA) is 156 Å². The van der Waals surface area contributed by atoms with Crippen LogP contribution < -0.4 is 5.32 Å². The fourth-order valence-electron chi connectivity index (χ4n) is 4.20. The van der Waals surface area contributed by atoms with Gasteiger partial charge in [-0.3, -0.25) is 4.79 Å². The minimum absolute atomic E-state index is 0.104. The highest BCUT2D eigenvalue weighted by Gasteiger charge is 2.21. The lowest BCUT2D eigenvalue weighted by molar-refractivity contribution is -0.141. The Kier molecular flexibility index (Phi) is 6.02. The fourth-order valence-corrected chi connectivity index (χ4v) is 4.20. The number of para-hydroxylation sites is 1. The molecule has 0 aliphatic carbocycles. The molecule has 9 heteroatoms. The summed E-state index contributed by atoms with van der Waals surface area (Å²) in [5.74, 6) is -2.14. The van der Waals surface area contributed by atoms with Crippen molar-refractivity contribution in [2.45, 2.75) is 12.5 Å². The van der Waals surface area contributed by atoms with Crippen LogP contribution in [0.2, 0.25) is 0 Å². The molecular formula is C28H22N2O7. The summed E-state index contributed by atoms with van der Waals surface area (Å²) in [4.78, 5) is 27.6. The van der Waals surface area contributed by atoms with Crippen LogP contribution in [0, 0.1) is 0 Å². The van der Waals surface area contributed by atoms with E-state index in [1.807, 2.05) is 24.3 Å². The molecule has 2 aromatic heterocycles. The monoisotopic (exact) mass is 498 g/mol. The second kappa shape index (κ2) is 9.46. The third-order valence-electron chi connectivity index (χ3n) is 6.08. The van der Waals surface area contributed by atoms with E-state index < -0.39 is 17.9 Å². The van der Waals surface area contributed by atoms with Crippen molar-refractivity contribution in [3.8, 4) is 28.6 Å². The number of aromatic amines is 1. The second-order valence-corrected chi connectivity index (χ2v) is 8.53. The molecule has 0 spiro atoms. The first-order chi connectivity index (χ1) is 17.8. The molecule has 1 unspecified atom stereocenters. The number of carboxylic acids is 1. The Labute approximate surface area is 209 Å². The summed E-state index contributed by atoms with van der Waals surface area (Å²) in [6, 6.07) is 15.2. The summed E-state index contributed by atoms with van der Waals surface area (Å²) in [5, 5.41) is 43.2. The van der Waals surface area contributed by atoms with E-state index >= 15 is 0 Å². The van der Waals surface area contributed by atoms with Crippen molar-refractivity contribution in [2.24, 2.45) is 0 Å². The number of aromatic nitrogens is 1. The number of hydrogen-bond donors (Lipinski definition) is 6. The molecule has 6 N–H and O–H groups in total. The molecule has 37 heavy (non-hydrogen) atoms. The number of amides is 1. The molecule has 1 amide bonds. The van der Waals surface area contributed by atoms with Crippen LogP contribution in [-0.4, -0.2) is 43.3 Å². The number of aromatic hydroxyl groups is 3. The zero-order valence-corrected chi connectivity index (χ0v) is 19.3. The maximum absolute atomic E-state index is 12.6. The Morgan fingerprint density at radius 1 is 0.946 bits per heavy atom. The highest BCUT2D eigenvalue weighted by Crippen LogP contribution is 2.37. The number of carbonyl (C=O) groups is 2. The van der Waals surface area contributed by atoms with E-state index in [1.54, 1.807) is 24.4 Å². The number of benzene rings is 3. The minimum atomic E-state index is -1.16. The van der Waals surface area contributed by atoms with Gasteiger partial charge in [0.25, 0.3) is 0 Å². The standard InChI is InChI=1S/C28H22N2O7/c31-22-8-6-16(12-24(22)33)25-13-19-15(5-9-23(32)27(19)37-25)7-10-26(34)30-21(28(35)36)11-17-14-29-20-4-2-1-3-18(17)20/h1-10,12-14,21,29,31-33H,11H2,(H,30,34)(H,35,36)/b10-7+. The molecule has 0 saturated carbocycles. The molecule has 5 aromatic rings. The van der Waals surface area contributed by atoms with Crippen molar-refractivity contribution in [1.82, 2.24) is 10.3 Å². The number of furan rings is 1. The van der Waals surface area contributed by atoms with Gasteiger partial charge in [0, 0.05) is 40.5 Å². The predicted molar refractivity (Wildman–Crippen MR) is 137 cm³/mol. The average molecular weight is 498 g/mol. The summed E-state index contributed by atoms with van der Waals surface area (Å²) >= 11 is 0. The Balaban J connectivity index is 1.37. The Morgan fingerprint density at radius 2 is 1.73 bits per heavy atom. The lowest BCUT2D eigenvalue weighted by Gasteiger charge is -2.13. The van der Waals surface area contributed by atoms with Crippen LogP contribution in [0.5, 0.6) is 17.2 Å². The number of fused-ring (bicyclic) bond motifs is 2. The van der Waals surface area contributed by atoms with E-state index in [0.717, 1.165) is 16.5 Å². The van der Waals surface area contributed by atoms with Gasteiger partial charge in [-0.1, -0.05) is 24.3 Å². The number of aliphatic carboxylic acids is 1. The van der Waals surface area contributed by atoms with E-state index in [0.29, 0.717) is 22.3 Å². The summed E-state index contributed by atoms with van der Waals surface area (Å²) in [5.41, 5.74) is 2.85. The van der Waals surface area contributed by atoms with Crippen molar-refractivity contribution in [2.75, 3.05) is 0 Å². The van der Waals surface area contributed by atoms with Gasteiger partial charge in [0.1, 0.15) is 11.8 Å². The van der Waals surface area contributed by atoms with Gasteiger partial charge in [-0.15, -0.1) is 0 Å². The maximum Gasteiger partial charge on any atom is 0.326 e. The summed E-state index contributed by atoms with van der Waals surface area (Å²) < 4.78 is 5.76. The summed E-state index contributed by atoms with van der Waals surface area (Å²) in [6.45, 7) is 0. The smallest absolute Gasteiger partial charge is 0.326 e. The number of nitrogens with one attached hydrogen (secondary N) is 2. The minimum Gasteiger partial charge on any atom is -0.504 e. The van der Waals surface area contributed by atoms with Crippen molar-refractivity contribution in [3.05, 3.63) is 84.1 Å². The fraction of sp³-hybridized carbons (Fsp3) is 0.0714. The average Bonchev–Trinajstić information content (AvgIpc) is 3.51. The Hall–Kier alpha value is -5.18. The molecule has 2 heterocycles. The van der Waals surface area contributed by atoms with Crippen molar-refractivity contribution in [1.29, 1.82) is 0 Å². The van der Waals surface area contributed by atoms with E-state index in [9.17, 15) is 30.0 Å². The first-order valence-corrected chi connectivity index (χ1v) is 11.3. The Bertz CT molecular complexity index is 1680. The zero-order chi connectivity index (χ0) is 26.1. The van der Waals surface area contributed by atoms with Crippen LogP contribution in [0.4, 0.5) is 0 Å². The van der Waals surface area contributed by atoms with Crippen LogP contribution >= 0.6 is 0 Å². The van der Waals surface area contributed by atoms with Crippen molar-refractivity contribution >= 4 is 39.8 Å². The predicted octanol–water partition coefficient (Wildman–Crippen LogP) is 4.52. The van der Waals surface area contributed by atoms with Gasteiger partial charge >= 0.3 is 5.97 Å². The molecule has 0 aliphatic heterocycles. The second-order valence-electron chi connectivity index (χ2n) is 8.53. The van der Waals surface area contributed by atoms with Gasteiger partial charge in [-0.25, -0.2) is 4.79 Å². The first kappa shape index (κ1) is 23.6. The molecular weight excluding hydrogens is 476 g/mol. The molecule has 0 aliphatic rings. The van der Waals surface area contributed by atoms with Gasteiger partial charge in [0.05, 0.1) is 0 Å². The number of phenols is 3. The number of H-pyrrole nitrogens is 1. The molecule has 186 valence electrons. The molecule has 0 bridgehead atoms. The van der Waals surface area contributed by atoms with E-state index in [2.05, 4.69) is 10.3 Å². The van der Waals surface area contributed by atoms with Crippen LogP contribution in [0.3, 0.4) is 0 Å². The largest absolute Gasteiger partial charge is 0.504 e. The molecule has 0 saturated heterocycles. The van der Waals surface area contributed by atoms with Gasteiger partial charge in [-0.05, 0) is 53.6 Å². The lowest BCUT2D eigenvalue weighted by atomic mass is 10.0. The van der Waals surface area contributed by atoms with Gasteiger partial charge in [-0.2, -0.15) is 0 Å². The Morgan fingerprint density at radius 3 is 2.51 bits per heavy atom. The number of rotatable bonds is 7. The van der Waals surface area contributed by atoms with Gasteiger partial charge < -0.3 is 35.1 Å². The zero-order valence-electron chi connectivity index (χ0n) is 19.3. The quantitative estimate of drug-likeness (QED) is 0.142.